The summed E-state index contributed by atoms with van der Waals surface area (Å²) in [6.45, 7) is 6.98. The number of Topliss-reactive ketones (excluding diaryl/α,β-unsaturated/α-hetero) is 1. The number of allylic oxidation sites excluding steroid dienone is 1. The lowest BCUT2D eigenvalue weighted by Crippen LogP contribution is -2.38. The number of hydrogen-bond acceptors (Lipinski definition) is 6. The van der Waals surface area contributed by atoms with E-state index in [1.165, 1.54) is 6.42 Å². The van der Waals surface area contributed by atoms with Gasteiger partial charge < -0.3 is 19.3 Å². The molecule has 0 unspecified atom stereocenters. The Morgan fingerprint density at radius 2 is 1.87 bits per heavy atom. The van der Waals surface area contributed by atoms with E-state index in [2.05, 4.69) is 18.7 Å². The topological polar surface area (TPSA) is 68.2 Å². The lowest BCUT2D eigenvalue weighted by molar-refractivity contribution is 0.101. The Hall–Kier alpha value is -2.99. The third-order valence-electron chi connectivity index (χ3n) is 5.97. The summed E-state index contributed by atoms with van der Waals surface area (Å²) in [7, 11) is 3.16. The molecule has 0 aromatic heterocycles. The van der Waals surface area contributed by atoms with Crippen LogP contribution in [0.2, 0.25) is 0 Å². The molecule has 0 radical (unpaired) electrons. The van der Waals surface area contributed by atoms with E-state index in [4.69, 9.17) is 14.2 Å². The van der Waals surface area contributed by atoms with Crippen LogP contribution in [0.5, 0.6) is 23.0 Å². The molecule has 31 heavy (non-hydrogen) atoms. The fourth-order valence-electron chi connectivity index (χ4n) is 4.69. The van der Waals surface area contributed by atoms with Crippen LogP contribution >= 0.6 is 0 Å². The fourth-order valence-corrected chi connectivity index (χ4v) is 4.69. The summed E-state index contributed by atoms with van der Waals surface area (Å²) in [6.07, 6.45) is 2.87. The van der Waals surface area contributed by atoms with Gasteiger partial charge in [0.25, 0.3) is 0 Å². The second kappa shape index (κ2) is 8.63. The molecule has 1 N–H and O–H groups in total. The van der Waals surface area contributed by atoms with Gasteiger partial charge in [0.2, 0.25) is 5.78 Å². The van der Waals surface area contributed by atoms with Gasteiger partial charge in [0.1, 0.15) is 23.0 Å². The number of hydrogen-bond donors (Lipinski definition) is 1. The smallest absolute Gasteiger partial charge is 0.231 e. The van der Waals surface area contributed by atoms with Crippen LogP contribution in [0.4, 0.5) is 0 Å². The van der Waals surface area contributed by atoms with Crippen LogP contribution in [0.25, 0.3) is 6.08 Å². The number of likely N-dealkylation sites (tertiary alicyclic amines) is 1. The van der Waals surface area contributed by atoms with Gasteiger partial charge in [-0.3, -0.25) is 9.69 Å². The Balaban J connectivity index is 1.67. The van der Waals surface area contributed by atoms with Gasteiger partial charge in [-0.05, 0) is 54.7 Å². The average Bonchev–Trinajstić information content (AvgIpc) is 3.05. The summed E-state index contributed by atoms with van der Waals surface area (Å²) in [6, 6.07) is 8.58. The van der Waals surface area contributed by atoms with Crippen molar-refractivity contribution in [2.45, 2.75) is 26.8 Å². The maximum absolute atomic E-state index is 13.1. The molecule has 0 bridgehead atoms. The zero-order valence-electron chi connectivity index (χ0n) is 18.5. The molecule has 6 nitrogen and oxygen atoms in total. The average molecular weight is 424 g/mol. The number of carbonyl (C=O) groups excluding carboxylic acids is 1. The monoisotopic (exact) mass is 423 g/mol. The Kier molecular flexibility index (Phi) is 5.92. The third-order valence-corrected chi connectivity index (χ3v) is 5.97. The van der Waals surface area contributed by atoms with Gasteiger partial charge in [0.15, 0.2) is 5.76 Å². The highest BCUT2D eigenvalue weighted by molar-refractivity contribution is 6.15. The molecule has 2 aliphatic rings. The summed E-state index contributed by atoms with van der Waals surface area (Å²) in [5.41, 5.74) is 1.81. The number of piperidine rings is 1. The van der Waals surface area contributed by atoms with Crippen LogP contribution in [0, 0.1) is 11.8 Å². The van der Waals surface area contributed by atoms with Crippen molar-refractivity contribution in [2.24, 2.45) is 11.8 Å². The quantitative estimate of drug-likeness (QED) is 0.714. The van der Waals surface area contributed by atoms with Crippen LogP contribution < -0.4 is 14.2 Å². The lowest BCUT2D eigenvalue weighted by atomic mass is 9.91. The molecule has 1 fully saturated rings. The summed E-state index contributed by atoms with van der Waals surface area (Å²) < 4.78 is 16.7. The summed E-state index contributed by atoms with van der Waals surface area (Å²) in [5.74, 6) is 3.06. The molecule has 0 saturated carbocycles. The zero-order valence-corrected chi connectivity index (χ0v) is 18.5. The number of methoxy groups -OCH3 is 2. The minimum absolute atomic E-state index is 0.151. The van der Waals surface area contributed by atoms with Gasteiger partial charge in [-0.15, -0.1) is 0 Å². The van der Waals surface area contributed by atoms with Crippen LogP contribution in [0.3, 0.4) is 0 Å². The molecule has 0 aliphatic carbocycles. The number of phenols is 1. The Morgan fingerprint density at radius 1 is 1.13 bits per heavy atom. The van der Waals surface area contributed by atoms with Crippen molar-refractivity contribution in [3.05, 3.63) is 52.8 Å². The van der Waals surface area contributed by atoms with E-state index in [1.54, 1.807) is 50.6 Å². The largest absolute Gasteiger partial charge is 0.507 e. The Bertz CT molecular complexity index is 1020. The summed E-state index contributed by atoms with van der Waals surface area (Å²) in [4.78, 5) is 15.4. The van der Waals surface area contributed by atoms with Crippen molar-refractivity contribution in [3.63, 3.8) is 0 Å². The lowest BCUT2D eigenvalue weighted by Gasteiger charge is -2.35. The van der Waals surface area contributed by atoms with E-state index < -0.39 is 0 Å². The molecular weight excluding hydrogens is 394 g/mol. The minimum atomic E-state index is -0.207. The first-order valence-corrected chi connectivity index (χ1v) is 10.6. The normalized spacial score (nSPS) is 22.3. The van der Waals surface area contributed by atoms with Gasteiger partial charge in [-0.1, -0.05) is 13.8 Å². The number of fused-ring (bicyclic) bond motifs is 1. The molecule has 2 atom stereocenters. The SMILES string of the molecule is COc1ccc(OC)c(/C=C2\Oc3c(ccc(O)c3CN3C[C@H](C)C[C@@H](C)C3)C2=O)c1. The highest BCUT2D eigenvalue weighted by Crippen LogP contribution is 2.41. The molecule has 2 aliphatic heterocycles. The van der Waals surface area contributed by atoms with Crippen molar-refractivity contribution in [1.82, 2.24) is 4.90 Å². The predicted octanol–water partition coefficient (Wildman–Crippen LogP) is 4.50. The number of aromatic hydroxyl groups is 1. The number of carbonyl (C=O) groups is 1. The van der Waals surface area contributed by atoms with Gasteiger partial charge in [0.05, 0.1) is 25.3 Å². The van der Waals surface area contributed by atoms with Crippen LogP contribution in [0.15, 0.2) is 36.1 Å². The third kappa shape index (κ3) is 4.26. The molecule has 0 spiro atoms. The van der Waals surface area contributed by atoms with Crippen LogP contribution in [-0.2, 0) is 6.54 Å². The number of rotatable bonds is 5. The molecule has 6 heteroatoms. The Morgan fingerprint density at radius 3 is 2.55 bits per heavy atom. The zero-order chi connectivity index (χ0) is 22.1. The van der Waals surface area contributed by atoms with Gasteiger partial charge in [-0.2, -0.15) is 0 Å². The summed E-state index contributed by atoms with van der Waals surface area (Å²) in [5, 5.41) is 10.6. The molecule has 0 amide bonds. The standard InChI is InChI=1S/C25H29NO5/c1-15-9-16(2)13-26(12-15)14-20-21(27)7-6-19-24(28)23(31-25(19)20)11-17-10-18(29-3)5-8-22(17)30-4/h5-8,10-11,15-16,27H,9,12-14H2,1-4H3/b23-11-/t15-,16-/m1/s1. The van der Waals surface area contributed by atoms with Crippen molar-refractivity contribution in [2.75, 3.05) is 27.3 Å². The first-order chi connectivity index (χ1) is 14.9. The maximum atomic E-state index is 13.1. The fraction of sp³-hybridized carbons (Fsp3) is 0.400. The van der Waals surface area contributed by atoms with Crippen molar-refractivity contribution in [1.29, 1.82) is 0 Å². The highest BCUT2D eigenvalue weighted by atomic mass is 16.5. The van der Waals surface area contributed by atoms with Gasteiger partial charge in [-0.25, -0.2) is 0 Å². The van der Waals surface area contributed by atoms with Crippen molar-refractivity contribution in [3.8, 4) is 23.0 Å². The van der Waals surface area contributed by atoms with Gasteiger partial charge >= 0.3 is 0 Å². The second-order valence-electron chi connectivity index (χ2n) is 8.63. The second-order valence-corrected chi connectivity index (χ2v) is 8.63. The molecule has 4 rings (SSSR count). The molecule has 2 heterocycles. The van der Waals surface area contributed by atoms with E-state index >= 15 is 0 Å². The van der Waals surface area contributed by atoms with E-state index in [0.717, 1.165) is 13.1 Å². The van der Waals surface area contributed by atoms with E-state index in [1.807, 2.05) is 0 Å². The molecular formula is C25H29NO5. The number of nitrogens with zero attached hydrogens (tertiary/aromatic N) is 1. The number of ketones is 1. The van der Waals surface area contributed by atoms with E-state index in [9.17, 15) is 9.90 Å². The first-order valence-electron chi connectivity index (χ1n) is 10.6. The Labute approximate surface area is 183 Å². The summed E-state index contributed by atoms with van der Waals surface area (Å²) >= 11 is 0. The highest BCUT2D eigenvalue weighted by Gasteiger charge is 2.33. The molecule has 164 valence electrons. The maximum Gasteiger partial charge on any atom is 0.231 e. The molecule has 2 aromatic rings. The van der Waals surface area contributed by atoms with E-state index in [-0.39, 0.29) is 17.3 Å². The number of phenolic OH excluding ortho intramolecular Hbond substituents is 1. The predicted molar refractivity (Wildman–Crippen MR) is 119 cm³/mol. The van der Waals surface area contributed by atoms with E-state index in [0.29, 0.717) is 52.3 Å². The van der Waals surface area contributed by atoms with Crippen molar-refractivity contribution < 1.29 is 24.1 Å². The van der Waals surface area contributed by atoms with Crippen LogP contribution in [-0.4, -0.2) is 43.1 Å². The minimum Gasteiger partial charge on any atom is -0.507 e. The van der Waals surface area contributed by atoms with Gasteiger partial charge in [0, 0.05) is 25.2 Å². The molecule has 1 saturated heterocycles. The first kappa shape index (κ1) is 21.2. The number of benzene rings is 2. The van der Waals surface area contributed by atoms with Crippen LogP contribution in [0.1, 0.15) is 41.8 Å². The number of ether oxygens (including phenoxy) is 3. The molecule has 2 aromatic carbocycles. The van der Waals surface area contributed by atoms with Crippen molar-refractivity contribution >= 4 is 11.9 Å².